The first kappa shape index (κ1) is 15.8. The summed E-state index contributed by atoms with van der Waals surface area (Å²) in [6, 6.07) is 11.2. The van der Waals surface area contributed by atoms with E-state index in [9.17, 15) is 5.26 Å². The molecule has 0 radical (unpaired) electrons. The number of hydrogen-bond donors (Lipinski definition) is 0. The zero-order valence-corrected chi connectivity index (χ0v) is 13.8. The molecule has 0 bridgehead atoms. The van der Waals surface area contributed by atoms with Gasteiger partial charge in [-0.05, 0) is 29.7 Å². The van der Waals surface area contributed by atoms with Crippen molar-refractivity contribution in [3.63, 3.8) is 0 Å². The van der Waals surface area contributed by atoms with Gasteiger partial charge in [0.05, 0.1) is 19.1 Å². The highest BCUT2D eigenvalue weighted by Gasteiger charge is 2.14. The molecule has 0 aliphatic carbocycles. The van der Waals surface area contributed by atoms with Crippen LogP contribution in [0.3, 0.4) is 0 Å². The Morgan fingerprint density at radius 2 is 2.17 bits per heavy atom. The van der Waals surface area contributed by atoms with E-state index in [4.69, 9.17) is 14.0 Å². The molecule has 0 spiro atoms. The highest BCUT2D eigenvalue weighted by atomic mass is 32.1. The molecule has 0 amide bonds. The predicted molar refractivity (Wildman–Crippen MR) is 90.6 cm³/mol. The van der Waals surface area contributed by atoms with Crippen molar-refractivity contribution < 1.29 is 14.0 Å². The van der Waals surface area contributed by atoms with E-state index in [0.29, 0.717) is 22.9 Å². The third-order valence-corrected chi connectivity index (χ3v) is 4.12. The van der Waals surface area contributed by atoms with Crippen LogP contribution in [-0.2, 0) is 0 Å². The molecule has 6 nitrogen and oxygen atoms in total. The number of benzene rings is 1. The molecule has 2 aromatic heterocycles. The molecular formula is C17H13N3O3S. The third-order valence-electron chi connectivity index (χ3n) is 3.26. The molecule has 0 saturated heterocycles. The molecule has 24 heavy (non-hydrogen) atoms. The number of thiophene rings is 1. The van der Waals surface area contributed by atoms with Crippen molar-refractivity contribution in [1.29, 1.82) is 5.26 Å². The lowest BCUT2D eigenvalue weighted by molar-refractivity contribution is 0.393. The monoisotopic (exact) mass is 339 g/mol. The van der Waals surface area contributed by atoms with Gasteiger partial charge in [-0.15, -0.1) is 11.3 Å². The molecule has 0 aliphatic heterocycles. The fourth-order valence-corrected chi connectivity index (χ4v) is 2.72. The Hall–Kier alpha value is -3.11. The Kier molecular flexibility index (Phi) is 4.59. The molecule has 3 aromatic rings. The van der Waals surface area contributed by atoms with Gasteiger partial charge in [0.25, 0.3) is 5.89 Å². The number of nitrogens with zero attached hydrogens (tertiary/aromatic N) is 3. The number of allylic oxidation sites excluding steroid dienone is 1. The van der Waals surface area contributed by atoms with Crippen LogP contribution in [0.15, 0.2) is 40.2 Å². The van der Waals surface area contributed by atoms with E-state index in [1.807, 2.05) is 17.5 Å². The van der Waals surface area contributed by atoms with Crippen molar-refractivity contribution in [2.24, 2.45) is 0 Å². The van der Waals surface area contributed by atoms with Crippen molar-refractivity contribution in [2.75, 3.05) is 14.2 Å². The third kappa shape index (κ3) is 3.14. The molecule has 0 saturated carbocycles. The van der Waals surface area contributed by atoms with Crippen LogP contribution in [0, 0.1) is 11.3 Å². The SMILES string of the molecule is COc1ccc(/C=C(\C#N)c2nc(-c3cccs3)no2)c(OC)c1. The molecule has 0 unspecified atom stereocenters. The summed E-state index contributed by atoms with van der Waals surface area (Å²) in [4.78, 5) is 5.16. The van der Waals surface area contributed by atoms with Crippen molar-refractivity contribution in [2.45, 2.75) is 0 Å². The lowest BCUT2D eigenvalue weighted by atomic mass is 10.1. The number of aromatic nitrogens is 2. The summed E-state index contributed by atoms with van der Waals surface area (Å²) in [5, 5.41) is 15.3. The Labute approximate surface area is 142 Å². The zero-order valence-electron chi connectivity index (χ0n) is 13.0. The van der Waals surface area contributed by atoms with Gasteiger partial charge in [0.2, 0.25) is 5.82 Å². The summed E-state index contributed by atoms with van der Waals surface area (Å²) >= 11 is 1.50. The lowest BCUT2D eigenvalue weighted by Crippen LogP contribution is -1.90. The minimum atomic E-state index is 0.166. The minimum absolute atomic E-state index is 0.166. The quantitative estimate of drug-likeness (QED) is 0.656. The summed E-state index contributed by atoms with van der Waals surface area (Å²) in [7, 11) is 3.13. The zero-order chi connectivity index (χ0) is 16.9. The second kappa shape index (κ2) is 6.98. The van der Waals surface area contributed by atoms with Crippen LogP contribution in [-0.4, -0.2) is 24.4 Å². The normalized spacial score (nSPS) is 11.1. The number of ether oxygens (including phenoxy) is 2. The molecular weight excluding hydrogens is 326 g/mol. The van der Waals surface area contributed by atoms with Crippen molar-refractivity contribution in [3.8, 4) is 28.3 Å². The Bertz CT molecular complexity index is 908. The maximum Gasteiger partial charge on any atom is 0.268 e. The van der Waals surface area contributed by atoms with Gasteiger partial charge in [-0.1, -0.05) is 11.2 Å². The van der Waals surface area contributed by atoms with Crippen LogP contribution >= 0.6 is 11.3 Å². The summed E-state index contributed by atoms with van der Waals surface area (Å²) < 4.78 is 15.7. The molecule has 1 aromatic carbocycles. The molecule has 0 aliphatic rings. The van der Waals surface area contributed by atoms with Gasteiger partial charge in [-0.2, -0.15) is 10.2 Å². The van der Waals surface area contributed by atoms with Crippen molar-refractivity contribution in [3.05, 3.63) is 47.2 Å². The topological polar surface area (TPSA) is 81.2 Å². The Balaban J connectivity index is 1.97. The van der Waals surface area contributed by atoms with E-state index in [0.717, 1.165) is 4.88 Å². The van der Waals surface area contributed by atoms with Crippen LogP contribution in [0.1, 0.15) is 11.5 Å². The average molecular weight is 339 g/mol. The summed E-state index contributed by atoms with van der Waals surface area (Å²) in [6.45, 7) is 0. The first-order valence-corrected chi connectivity index (χ1v) is 7.85. The predicted octanol–water partition coefficient (Wildman–Crippen LogP) is 3.88. The molecule has 120 valence electrons. The molecule has 0 fully saturated rings. The van der Waals surface area contributed by atoms with E-state index < -0.39 is 0 Å². The van der Waals surface area contributed by atoms with E-state index >= 15 is 0 Å². The van der Waals surface area contributed by atoms with Gasteiger partial charge in [-0.3, -0.25) is 0 Å². The summed E-state index contributed by atoms with van der Waals surface area (Å²) in [5.41, 5.74) is 0.972. The van der Waals surface area contributed by atoms with Gasteiger partial charge in [0, 0.05) is 11.6 Å². The second-order valence-electron chi connectivity index (χ2n) is 4.68. The van der Waals surface area contributed by atoms with Gasteiger partial charge in [0.1, 0.15) is 23.1 Å². The Morgan fingerprint density at radius 1 is 1.29 bits per heavy atom. The van der Waals surface area contributed by atoms with Gasteiger partial charge in [-0.25, -0.2) is 0 Å². The number of nitriles is 1. The van der Waals surface area contributed by atoms with Gasteiger partial charge >= 0.3 is 0 Å². The largest absolute Gasteiger partial charge is 0.497 e. The number of hydrogen-bond acceptors (Lipinski definition) is 7. The summed E-state index contributed by atoms with van der Waals surface area (Å²) in [6.07, 6.45) is 1.64. The number of methoxy groups -OCH3 is 2. The maximum absolute atomic E-state index is 9.44. The van der Waals surface area contributed by atoms with Crippen molar-refractivity contribution >= 4 is 23.0 Å². The highest BCUT2D eigenvalue weighted by Crippen LogP contribution is 2.29. The average Bonchev–Trinajstić information content (AvgIpc) is 3.30. The lowest BCUT2D eigenvalue weighted by Gasteiger charge is -2.07. The fourth-order valence-electron chi connectivity index (χ4n) is 2.07. The van der Waals surface area contributed by atoms with E-state index in [1.54, 1.807) is 38.5 Å². The van der Waals surface area contributed by atoms with Gasteiger partial charge < -0.3 is 14.0 Å². The standard InChI is InChI=1S/C17H13N3O3S/c1-21-13-6-5-11(14(9-13)22-2)8-12(10-18)17-19-16(20-23-17)15-4-3-7-24-15/h3-9H,1-2H3/b12-8+. The van der Waals surface area contributed by atoms with Crippen LogP contribution in [0.4, 0.5) is 0 Å². The summed E-state index contributed by atoms with van der Waals surface area (Å²) in [5.74, 6) is 1.88. The van der Waals surface area contributed by atoms with E-state index in [1.165, 1.54) is 11.3 Å². The molecule has 0 atom stereocenters. The van der Waals surface area contributed by atoms with Crippen LogP contribution in [0.2, 0.25) is 0 Å². The Morgan fingerprint density at radius 3 is 2.83 bits per heavy atom. The molecule has 0 N–H and O–H groups in total. The smallest absolute Gasteiger partial charge is 0.268 e. The minimum Gasteiger partial charge on any atom is -0.497 e. The van der Waals surface area contributed by atoms with Crippen molar-refractivity contribution in [1.82, 2.24) is 10.1 Å². The second-order valence-corrected chi connectivity index (χ2v) is 5.63. The first-order valence-electron chi connectivity index (χ1n) is 6.97. The maximum atomic E-state index is 9.44. The molecule has 3 rings (SSSR count). The van der Waals surface area contributed by atoms with E-state index in [-0.39, 0.29) is 11.5 Å². The van der Waals surface area contributed by atoms with Crippen LogP contribution < -0.4 is 9.47 Å². The molecule has 2 heterocycles. The van der Waals surface area contributed by atoms with Crippen LogP contribution in [0.5, 0.6) is 11.5 Å². The van der Waals surface area contributed by atoms with Gasteiger partial charge in [0.15, 0.2) is 0 Å². The van der Waals surface area contributed by atoms with Crippen LogP contribution in [0.25, 0.3) is 22.4 Å². The first-order chi connectivity index (χ1) is 11.7. The fraction of sp³-hybridized carbons (Fsp3) is 0.118. The number of rotatable bonds is 5. The molecule has 7 heteroatoms. The highest BCUT2D eigenvalue weighted by molar-refractivity contribution is 7.13. The van der Waals surface area contributed by atoms with E-state index in [2.05, 4.69) is 16.2 Å².